The van der Waals surface area contributed by atoms with E-state index in [-0.39, 0.29) is 0 Å². The number of rotatable bonds is 2. The second kappa shape index (κ2) is 5.02. The Labute approximate surface area is 115 Å². The zero-order valence-electron chi connectivity index (χ0n) is 9.97. The van der Waals surface area contributed by atoms with Crippen LogP contribution < -0.4 is 9.64 Å². The Balaban J connectivity index is 1.87. The average molecular weight is 304 g/mol. The van der Waals surface area contributed by atoms with Crippen LogP contribution in [0.3, 0.4) is 0 Å². The van der Waals surface area contributed by atoms with Crippen molar-refractivity contribution in [3.05, 3.63) is 58.6 Å². The van der Waals surface area contributed by atoms with Gasteiger partial charge in [-0.1, -0.05) is 46.3 Å². The van der Waals surface area contributed by atoms with Gasteiger partial charge in [0.25, 0.3) is 0 Å². The first-order valence-electron chi connectivity index (χ1n) is 6.04. The topological polar surface area (TPSA) is 12.5 Å². The van der Waals surface area contributed by atoms with Crippen LogP contribution in [0.4, 0.5) is 5.69 Å². The first kappa shape index (κ1) is 11.6. The van der Waals surface area contributed by atoms with Crippen molar-refractivity contribution >= 4 is 21.6 Å². The first-order valence-corrected chi connectivity index (χ1v) is 6.83. The standard InChI is InChI=1S/C15H14BrNO/c16-13-6-7-14-15(10-13)18-9-8-17(14)11-12-4-2-1-3-5-12/h1-7,10H,8-9,11H2. The number of hydrogen-bond donors (Lipinski definition) is 0. The summed E-state index contributed by atoms with van der Waals surface area (Å²) in [5, 5.41) is 0. The van der Waals surface area contributed by atoms with Gasteiger partial charge in [0.15, 0.2) is 0 Å². The minimum atomic E-state index is 0.746. The summed E-state index contributed by atoms with van der Waals surface area (Å²) in [7, 11) is 0. The molecule has 0 atom stereocenters. The maximum absolute atomic E-state index is 5.70. The number of fused-ring (bicyclic) bond motifs is 1. The molecular formula is C15H14BrNO. The van der Waals surface area contributed by atoms with Crippen LogP contribution in [-0.2, 0) is 6.54 Å². The summed E-state index contributed by atoms with van der Waals surface area (Å²) in [5.41, 5.74) is 2.50. The molecule has 1 aliphatic heterocycles. The van der Waals surface area contributed by atoms with E-state index >= 15 is 0 Å². The van der Waals surface area contributed by atoms with Crippen LogP contribution >= 0.6 is 15.9 Å². The Morgan fingerprint density at radius 3 is 2.78 bits per heavy atom. The summed E-state index contributed by atoms with van der Waals surface area (Å²) in [6, 6.07) is 16.7. The van der Waals surface area contributed by atoms with E-state index in [0.29, 0.717) is 0 Å². The molecule has 2 nitrogen and oxygen atoms in total. The molecule has 0 saturated carbocycles. The van der Waals surface area contributed by atoms with Crippen molar-refractivity contribution in [3.8, 4) is 5.75 Å². The van der Waals surface area contributed by atoms with Gasteiger partial charge in [0.2, 0.25) is 0 Å². The summed E-state index contributed by atoms with van der Waals surface area (Å²) in [5.74, 6) is 0.964. The predicted octanol–water partition coefficient (Wildman–Crippen LogP) is 3.85. The lowest BCUT2D eigenvalue weighted by Gasteiger charge is -2.31. The average Bonchev–Trinajstić information content (AvgIpc) is 2.40. The summed E-state index contributed by atoms with van der Waals surface area (Å²) in [4.78, 5) is 2.36. The van der Waals surface area contributed by atoms with Crippen LogP contribution in [0.25, 0.3) is 0 Å². The Bertz CT molecular complexity index is 541. The molecule has 0 saturated heterocycles. The van der Waals surface area contributed by atoms with Crippen molar-refractivity contribution in [2.75, 3.05) is 18.1 Å². The van der Waals surface area contributed by atoms with Gasteiger partial charge in [-0.15, -0.1) is 0 Å². The third-order valence-electron chi connectivity index (χ3n) is 3.10. The molecule has 1 heterocycles. The Kier molecular flexibility index (Phi) is 3.24. The van der Waals surface area contributed by atoms with Gasteiger partial charge < -0.3 is 9.64 Å². The van der Waals surface area contributed by atoms with Gasteiger partial charge in [-0.2, -0.15) is 0 Å². The highest BCUT2D eigenvalue weighted by molar-refractivity contribution is 9.10. The smallest absolute Gasteiger partial charge is 0.143 e. The van der Waals surface area contributed by atoms with Crippen LogP contribution in [0.15, 0.2) is 53.0 Å². The molecule has 0 unspecified atom stereocenters. The van der Waals surface area contributed by atoms with E-state index in [0.717, 1.165) is 29.9 Å². The molecule has 0 aromatic heterocycles. The minimum absolute atomic E-state index is 0.746. The van der Waals surface area contributed by atoms with Crippen LogP contribution in [0, 0.1) is 0 Å². The molecule has 92 valence electrons. The molecule has 1 aliphatic rings. The molecule has 0 amide bonds. The van der Waals surface area contributed by atoms with Gasteiger partial charge in [0.1, 0.15) is 12.4 Å². The number of hydrogen-bond acceptors (Lipinski definition) is 2. The van der Waals surface area contributed by atoms with Crippen molar-refractivity contribution in [1.29, 1.82) is 0 Å². The van der Waals surface area contributed by atoms with E-state index in [1.807, 2.05) is 12.1 Å². The number of anilines is 1. The van der Waals surface area contributed by atoms with Gasteiger partial charge in [0, 0.05) is 11.0 Å². The molecule has 18 heavy (non-hydrogen) atoms. The van der Waals surface area contributed by atoms with Crippen molar-refractivity contribution in [1.82, 2.24) is 0 Å². The minimum Gasteiger partial charge on any atom is -0.490 e. The molecule has 2 aromatic carbocycles. The second-order valence-electron chi connectivity index (χ2n) is 4.37. The van der Waals surface area contributed by atoms with E-state index in [2.05, 4.69) is 57.2 Å². The number of nitrogens with zero attached hydrogens (tertiary/aromatic N) is 1. The van der Waals surface area contributed by atoms with Crippen molar-refractivity contribution < 1.29 is 4.74 Å². The van der Waals surface area contributed by atoms with Crippen LogP contribution in [0.1, 0.15) is 5.56 Å². The normalized spacial score (nSPS) is 13.9. The van der Waals surface area contributed by atoms with Gasteiger partial charge in [0.05, 0.1) is 12.2 Å². The quantitative estimate of drug-likeness (QED) is 0.835. The molecule has 0 N–H and O–H groups in total. The first-order chi connectivity index (χ1) is 8.83. The van der Waals surface area contributed by atoms with Gasteiger partial charge in [-0.3, -0.25) is 0 Å². The van der Waals surface area contributed by atoms with E-state index in [4.69, 9.17) is 4.74 Å². The zero-order chi connectivity index (χ0) is 12.4. The summed E-state index contributed by atoms with van der Waals surface area (Å²) in [6.07, 6.45) is 0. The van der Waals surface area contributed by atoms with Crippen LogP contribution in [-0.4, -0.2) is 13.2 Å². The Morgan fingerprint density at radius 2 is 1.94 bits per heavy atom. The maximum Gasteiger partial charge on any atom is 0.143 e. The lowest BCUT2D eigenvalue weighted by Crippen LogP contribution is -2.32. The summed E-state index contributed by atoms with van der Waals surface area (Å²) in [6.45, 7) is 2.61. The lowest BCUT2D eigenvalue weighted by atomic mass is 10.1. The van der Waals surface area contributed by atoms with Crippen LogP contribution in [0.2, 0.25) is 0 Å². The van der Waals surface area contributed by atoms with Gasteiger partial charge >= 0.3 is 0 Å². The Hall–Kier alpha value is -1.48. The van der Waals surface area contributed by atoms with Crippen LogP contribution in [0.5, 0.6) is 5.75 Å². The number of ether oxygens (including phenoxy) is 1. The monoisotopic (exact) mass is 303 g/mol. The molecular weight excluding hydrogens is 290 g/mol. The molecule has 0 fully saturated rings. The van der Waals surface area contributed by atoms with E-state index in [1.165, 1.54) is 11.3 Å². The molecule has 0 aliphatic carbocycles. The highest BCUT2D eigenvalue weighted by Gasteiger charge is 2.18. The third kappa shape index (κ3) is 2.36. The van der Waals surface area contributed by atoms with E-state index in [9.17, 15) is 0 Å². The Morgan fingerprint density at radius 1 is 1.11 bits per heavy atom. The van der Waals surface area contributed by atoms with Gasteiger partial charge in [-0.25, -0.2) is 0 Å². The van der Waals surface area contributed by atoms with E-state index in [1.54, 1.807) is 0 Å². The SMILES string of the molecule is Brc1ccc2c(c1)OCCN2Cc1ccccc1. The predicted molar refractivity (Wildman–Crippen MR) is 77.1 cm³/mol. The fourth-order valence-electron chi connectivity index (χ4n) is 2.22. The third-order valence-corrected chi connectivity index (χ3v) is 3.59. The highest BCUT2D eigenvalue weighted by Crippen LogP contribution is 2.34. The van der Waals surface area contributed by atoms with Crippen molar-refractivity contribution in [3.63, 3.8) is 0 Å². The molecule has 3 heteroatoms. The second-order valence-corrected chi connectivity index (χ2v) is 5.28. The number of halogens is 1. The maximum atomic E-state index is 5.70. The van der Waals surface area contributed by atoms with E-state index < -0.39 is 0 Å². The molecule has 0 radical (unpaired) electrons. The van der Waals surface area contributed by atoms with Gasteiger partial charge in [-0.05, 0) is 23.8 Å². The van der Waals surface area contributed by atoms with Crippen molar-refractivity contribution in [2.24, 2.45) is 0 Å². The molecule has 2 aromatic rings. The number of benzene rings is 2. The summed E-state index contributed by atoms with van der Waals surface area (Å²) < 4.78 is 6.76. The fraction of sp³-hybridized carbons (Fsp3) is 0.200. The fourth-order valence-corrected chi connectivity index (χ4v) is 2.56. The lowest BCUT2D eigenvalue weighted by molar-refractivity contribution is 0.306. The summed E-state index contributed by atoms with van der Waals surface area (Å²) >= 11 is 3.48. The largest absolute Gasteiger partial charge is 0.490 e. The molecule has 0 bridgehead atoms. The highest BCUT2D eigenvalue weighted by atomic mass is 79.9. The van der Waals surface area contributed by atoms with Crippen molar-refractivity contribution in [2.45, 2.75) is 6.54 Å². The zero-order valence-corrected chi connectivity index (χ0v) is 11.6. The molecule has 3 rings (SSSR count). The molecule has 0 spiro atoms.